The van der Waals surface area contributed by atoms with Gasteiger partial charge >= 0.3 is 0 Å². The van der Waals surface area contributed by atoms with E-state index in [-0.39, 0.29) is 35.1 Å². The summed E-state index contributed by atoms with van der Waals surface area (Å²) in [4.78, 5) is 42.6. The van der Waals surface area contributed by atoms with Gasteiger partial charge in [-0.15, -0.1) is 0 Å². The molecule has 2 amide bonds. The van der Waals surface area contributed by atoms with Gasteiger partial charge in [0.1, 0.15) is 0 Å². The van der Waals surface area contributed by atoms with Gasteiger partial charge in [0.15, 0.2) is 5.16 Å². The number of halogens is 1. The molecule has 3 aromatic rings. The van der Waals surface area contributed by atoms with E-state index in [4.69, 9.17) is 11.6 Å². The van der Waals surface area contributed by atoms with Crippen LogP contribution in [0.1, 0.15) is 37.0 Å². The maximum absolute atomic E-state index is 13.1. The summed E-state index contributed by atoms with van der Waals surface area (Å²) in [5, 5.41) is 7.18. The molecule has 2 aromatic carbocycles. The van der Waals surface area contributed by atoms with Crippen molar-refractivity contribution in [1.29, 1.82) is 0 Å². The molecule has 0 bridgehead atoms. The first-order chi connectivity index (χ1) is 15.8. The van der Waals surface area contributed by atoms with Gasteiger partial charge in [-0.25, -0.2) is 4.98 Å². The van der Waals surface area contributed by atoms with Gasteiger partial charge in [0.25, 0.3) is 11.5 Å². The number of carbonyl (C=O) groups is 2. The highest BCUT2D eigenvalue weighted by Gasteiger charge is 2.24. The van der Waals surface area contributed by atoms with Gasteiger partial charge in [-0.2, -0.15) is 0 Å². The Morgan fingerprint density at radius 3 is 2.73 bits per heavy atom. The van der Waals surface area contributed by atoms with Crippen molar-refractivity contribution in [3.05, 3.63) is 63.4 Å². The molecule has 33 heavy (non-hydrogen) atoms. The lowest BCUT2D eigenvalue weighted by atomic mass is 10.2. The number of hydrogen-bond acceptors (Lipinski definition) is 5. The number of rotatable bonds is 8. The second kappa shape index (κ2) is 9.97. The van der Waals surface area contributed by atoms with E-state index in [2.05, 4.69) is 15.6 Å². The minimum absolute atomic E-state index is 0.0716. The Labute approximate surface area is 200 Å². The number of hydrogen-bond donors (Lipinski definition) is 2. The predicted molar refractivity (Wildman–Crippen MR) is 132 cm³/mol. The van der Waals surface area contributed by atoms with Crippen molar-refractivity contribution in [3.63, 3.8) is 0 Å². The zero-order chi connectivity index (χ0) is 23.5. The highest BCUT2D eigenvalue weighted by Crippen LogP contribution is 2.22. The molecule has 1 aliphatic carbocycles. The molecule has 9 heteroatoms. The summed E-state index contributed by atoms with van der Waals surface area (Å²) >= 11 is 7.27. The van der Waals surface area contributed by atoms with Crippen molar-refractivity contribution >= 4 is 51.8 Å². The smallest absolute Gasteiger partial charge is 0.262 e. The average Bonchev–Trinajstić information content (AvgIpc) is 3.59. The van der Waals surface area contributed by atoms with Crippen LogP contribution in [0.4, 0.5) is 5.69 Å². The Hall–Kier alpha value is -2.84. The van der Waals surface area contributed by atoms with Crippen LogP contribution in [-0.2, 0) is 11.3 Å². The van der Waals surface area contributed by atoms with E-state index < -0.39 is 0 Å². The maximum Gasteiger partial charge on any atom is 0.262 e. The molecule has 172 valence electrons. The van der Waals surface area contributed by atoms with Gasteiger partial charge in [-0.3, -0.25) is 19.0 Å². The van der Waals surface area contributed by atoms with Crippen molar-refractivity contribution in [2.75, 3.05) is 11.1 Å². The summed E-state index contributed by atoms with van der Waals surface area (Å²) in [7, 11) is 0. The van der Waals surface area contributed by atoms with E-state index in [0.29, 0.717) is 38.9 Å². The monoisotopic (exact) mass is 484 g/mol. The normalized spacial score (nSPS) is 13.3. The van der Waals surface area contributed by atoms with Crippen molar-refractivity contribution in [1.82, 2.24) is 14.9 Å². The first kappa shape index (κ1) is 23.3. The second-order valence-corrected chi connectivity index (χ2v) is 9.91. The lowest BCUT2D eigenvalue weighted by Crippen LogP contribution is -2.26. The first-order valence-electron chi connectivity index (χ1n) is 10.8. The van der Waals surface area contributed by atoms with Crippen LogP contribution in [0.3, 0.4) is 0 Å². The largest absolute Gasteiger partial charge is 0.349 e. The molecular formula is C24H25ClN4O3S. The third-order valence-corrected chi connectivity index (χ3v) is 6.29. The Morgan fingerprint density at radius 2 is 2.00 bits per heavy atom. The summed E-state index contributed by atoms with van der Waals surface area (Å²) in [5.41, 5.74) is 1.42. The first-order valence-corrected chi connectivity index (χ1v) is 12.2. The van der Waals surface area contributed by atoms with Crippen LogP contribution in [0, 0.1) is 5.92 Å². The summed E-state index contributed by atoms with van der Waals surface area (Å²) in [6.45, 7) is 4.51. The lowest BCUT2D eigenvalue weighted by molar-refractivity contribution is -0.113. The van der Waals surface area contributed by atoms with Crippen molar-refractivity contribution in [2.24, 2.45) is 5.92 Å². The fraction of sp³-hybridized carbons (Fsp3) is 0.333. The quantitative estimate of drug-likeness (QED) is 0.366. The van der Waals surface area contributed by atoms with Crippen molar-refractivity contribution < 1.29 is 9.59 Å². The van der Waals surface area contributed by atoms with Gasteiger partial charge < -0.3 is 10.6 Å². The fourth-order valence-corrected chi connectivity index (χ4v) is 4.35. The number of fused-ring (bicyclic) bond motifs is 1. The molecule has 7 nitrogen and oxygen atoms in total. The standard InChI is InChI=1S/C24H25ClN4O3S/c1-14(2)12-29-23(32)19-11-16(25)6-9-20(19)28-24(29)33-13-21(30)26-18-5-3-4-15(10-18)22(31)27-17-7-8-17/h3-6,9-11,14,17H,7-8,12-13H2,1-2H3,(H,26,30)(H,27,31). The molecule has 4 rings (SSSR count). The Bertz CT molecular complexity index is 1270. The number of thioether (sulfide) groups is 1. The molecule has 1 aromatic heterocycles. The number of anilines is 1. The summed E-state index contributed by atoms with van der Waals surface area (Å²) in [6, 6.07) is 12.1. The van der Waals surface area contributed by atoms with Crippen molar-refractivity contribution in [2.45, 2.75) is 44.4 Å². The molecule has 0 radical (unpaired) electrons. The van der Waals surface area contributed by atoms with E-state index in [1.54, 1.807) is 47.0 Å². The van der Waals surface area contributed by atoms with Crippen LogP contribution in [-0.4, -0.2) is 33.2 Å². The Kier molecular flexibility index (Phi) is 7.05. The predicted octanol–water partition coefficient (Wildman–Crippen LogP) is 4.33. The minimum atomic E-state index is -0.249. The number of benzene rings is 2. The molecular weight excluding hydrogens is 460 g/mol. The minimum Gasteiger partial charge on any atom is -0.349 e. The summed E-state index contributed by atoms with van der Waals surface area (Å²) in [5.74, 6) is -0.0939. The second-order valence-electron chi connectivity index (χ2n) is 8.53. The molecule has 1 fully saturated rings. The number of aromatic nitrogens is 2. The molecule has 0 atom stereocenters. The van der Waals surface area contributed by atoms with Gasteiger partial charge in [-0.1, -0.05) is 43.3 Å². The van der Waals surface area contributed by atoms with Gasteiger partial charge in [-0.05, 0) is 55.2 Å². The van der Waals surface area contributed by atoms with Crippen LogP contribution >= 0.6 is 23.4 Å². The highest BCUT2D eigenvalue weighted by atomic mass is 35.5. The molecule has 0 saturated heterocycles. The van der Waals surface area contributed by atoms with E-state index in [0.717, 1.165) is 12.8 Å². The average molecular weight is 485 g/mol. The van der Waals surface area contributed by atoms with Crippen LogP contribution in [0.5, 0.6) is 0 Å². The van der Waals surface area contributed by atoms with E-state index >= 15 is 0 Å². The Morgan fingerprint density at radius 1 is 1.21 bits per heavy atom. The lowest BCUT2D eigenvalue weighted by Gasteiger charge is -2.15. The molecule has 2 N–H and O–H groups in total. The molecule has 0 aliphatic heterocycles. The third-order valence-electron chi connectivity index (χ3n) is 5.08. The van der Waals surface area contributed by atoms with Crippen LogP contribution < -0.4 is 16.2 Å². The number of amides is 2. The summed E-state index contributed by atoms with van der Waals surface area (Å²) < 4.78 is 1.60. The van der Waals surface area contributed by atoms with Crippen molar-refractivity contribution in [3.8, 4) is 0 Å². The molecule has 1 aliphatic rings. The third kappa shape index (κ3) is 5.94. The summed E-state index contributed by atoms with van der Waals surface area (Å²) in [6.07, 6.45) is 2.02. The molecule has 0 spiro atoms. The van der Waals surface area contributed by atoms with E-state index in [9.17, 15) is 14.4 Å². The molecule has 0 unspecified atom stereocenters. The SMILES string of the molecule is CC(C)Cn1c(SCC(=O)Nc2cccc(C(=O)NC3CC3)c2)nc2ccc(Cl)cc2c1=O. The number of nitrogens with one attached hydrogen (secondary N) is 2. The zero-order valence-corrected chi connectivity index (χ0v) is 20.0. The molecule has 1 heterocycles. The topological polar surface area (TPSA) is 93.1 Å². The Balaban J connectivity index is 1.48. The van der Waals surface area contributed by atoms with Gasteiger partial charge in [0.05, 0.1) is 16.7 Å². The van der Waals surface area contributed by atoms with E-state index in [1.807, 2.05) is 13.8 Å². The zero-order valence-electron chi connectivity index (χ0n) is 18.4. The fourth-order valence-electron chi connectivity index (χ4n) is 3.37. The number of carbonyl (C=O) groups excluding carboxylic acids is 2. The van der Waals surface area contributed by atoms with E-state index in [1.165, 1.54) is 11.8 Å². The number of nitrogens with zero attached hydrogens (tertiary/aromatic N) is 2. The van der Waals surface area contributed by atoms with Gasteiger partial charge in [0.2, 0.25) is 5.91 Å². The van der Waals surface area contributed by atoms with Crippen LogP contribution in [0.15, 0.2) is 52.4 Å². The van der Waals surface area contributed by atoms with Crippen LogP contribution in [0.2, 0.25) is 5.02 Å². The van der Waals surface area contributed by atoms with Crippen LogP contribution in [0.25, 0.3) is 10.9 Å². The maximum atomic E-state index is 13.1. The molecule has 1 saturated carbocycles. The van der Waals surface area contributed by atoms with Gasteiger partial charge in [0, 0.05) is 28.9 Å². The highest BCUT2D eigenvalue weighted by molar-refractivity contribution is 7.99.